The van der Waals surface area contributed by atoms with Crippen molar-refractivity contribution in [2.24, 2.45) is 0 Å². The van der Waals surface area contributed by atoms with E-state index in [9.17, 15) is 4.21 Å². The van der Waals surface area contributed by atoms with Crippen molar-refractivity contribution in [2.45, 2.75) is 69.3 Å². The van der Waals surface area contributed by atoms with Crippen LogP contribution in [0.5, 0.6) is 0 Å². The van der Waals surface area contributed by atoms with Gasteiger partial charge in [0.25, 0.3) is 0 Å². The fourth-order valence-electron chi connectivity index (χ4n) is 2.71. The molecular formula is C12H23NO2S. The first-order valence-electron chi connectivity index (χ1n) is 6.26. The van der Waals surface area contributed by atoms with Crippen LogP contribution in [0.1, 0.15) is 52.9 Å². The van der Waals surface area contributed by atoms with Crippen molar-refractivity contribution in [1.29, 1.82) is 0 Å². The predicted octanol–water partition coefficient (Wildman–Crippen LogP) is 2.14. The van der Waals surface area contributed by atoms with E-state index < -0.39 is 11.0 Å². The molecule has 16 heavy (non-hydrogen) atoms. The minimum absolute atomic E-state index is 0.000903. The van der Waals surface area contributed by atoms with E-state index in [2.05, 4.69) is 4.72 Å². The molecule has 3 nitrogen and oxygen atoms in total. The SMILES string of the molecule is CC(C)(C)S(=O)NC1CCCC12CCCO2. The Bertz CT molecular complexity index is 274. The third-order valence-corrected chi connectivity index (χ3v) is 5.28. The summed E-state index contributed by atoms with van der Waals surface area (Å²) in [6, 6.07) is 0.287. The second-order valence-electron chi connectivity index (χ2n) is 5.96. The zero-order valence-electron chi connectivity index (χ0n) is 10.5. The summed E-state index contributed by atoms with van der Waals surface area (Å²) in [5, 5.41) is 0. The van der Waals surface area contributed by atoms with E-state index in [0.29, 0.717) is 0 Å². The molecule has 1 saturated carbocycles. The number of nitrogens with one attached hydrogen (secondary N) is 1. The molecule has 2 fully saturated rings. The lowest BCUT2D eigenvalue weighted by atomic mass is 9.95. The van der Waals surface area contributed by atoms with Gasteiger partial charge in [0.2, 0.25) is 0 Å². The number of hydrogen-bond donors (Lipinski definition) is 1. The van der Waals surface area contributed by atoms with Crippen molar-refractivity contribution in [3.05, 3.63) is 0 Å². The standard InChI is InChI=1S/C12H23NO2S/c1-11(2,3)16(14)13-10-6-4-7-12(10)8-5-9-15-12/h10,13H,4-9H2,1-3H3. The second-order valence-corrected chi connectivity index (χ2v) is 7.96. The molecule has 3 unspecified atom stereocenters. The summed E-state index contributed by atoms with van der Waals surface area (Å²) >= 11 is 0. The third-order valence-electron chi connectivity index (χ3n) is 3.67. The molecule has 1 aliphatic heterocycles. The quantitative estimate of drug-likeness (QED) is 0.809. The maximum absolute atomic E-state index is 12.1. The van der Waals surface area contributed by atoms with Gasteiger partial charge in [-0.1, -0.05) is 0 Å². The van der Waals surface area contributed by atoms with Crippen LogP contribution >= 0.6 is 0 Å². The van der Waals surface area contributed by atoms with Gasteiger partial charge in [-0.3, -0.25) is 0 Å². The van der Waals surface area contributed by atoms with E-state index in [1.54, 1.807) is 0 Å². The van der Waals surface area contributed by atoms with E-state index in [4.69, 9.17) is 4.74 Å². The minimum Gasteiger partial charge on any atom is -0.373 e. The van der Waals surface area contributed by atoms with Crippen LogP contribution < -0.4 is 4.72 Å². The molecule has 1 spiro atoms. The van der Waals surface area contributed by atoms with E-state index >= 15 is 0 Å². The van der Waals surface area contributed by atoms with Crippen molar-refractivity contribution in [1.82, 2.24) is 4.72 Å². The molecule has 3 atom stereocenters. The van der Waals surface area contributed by atoms with Gasteiger partial charge >= 0.3 is 0 Å². The Balaban J connectivity index is 2.02. The summed E-state index contributed by atoms with van der Waals surface area (Å²) in [4.78, 5) is 0. The number of rotatable bonds is 2. The normalized spacial score (nSPS) is 37.1. The van der Waals surface area contributed by atoms with E-state index in [0.717, 1.165) is 32.3 Å². The lowest BCUT2D eigenvalue weighted by Gasteiger charge is -2.32. The minimum atomic E-state index is -0.979. The summed E-state index contributed by atoms with van der Waals surface area (Å²) in [5.74, 6) is 0. The van der Waals surface area contributed by atoms with Gasteiger partial charge in [-0.25, -0.2) is 8.93 Å². The topological polar surface area (TPSA) is 38.3 Å². The molecule has 0 aromatic carbocycles. The molecule has 1 saturated heterocycles. The molecule has 1 aliphatic carbocycles. The third kappa shape index (κ3) is 2.34. The molecule has 4 heteroatoms. The summed E-state index contributed by atoms with van der Waals surface area (Å²) in [6.07, 6.45) is 5.71. The summed E-state index contributed by atoms with van der Waals surface area (Å²) in [6.45, 7) is 6.90. The molecule has 0 aromatic rings. The smallest absolute Gasteiger partial charge is 0.0973 e. The average Bonchev–Trinajstić information content (AvgIpc) is 2.78. The molecule has 1 heterocycles. The summed E-state index contributed by atoms with van der Waals surface area (Å²) < 4.78 is 21.1. The number of hydrogen-bond acceptors (Lipinski definition) is 2. The highest BCUT2D eigenvalue weighted by Gasteiger charge is 2.47. The Morgan fingerprint density at radius 1 is 1.31 bits per heavy atom. The second kappa shape index (κ2) is 4.39. The van der Waals surface area contributed by atoms with Crippen LogP contribution in [-0.4, -0.2) is 27.2 Å². The molecule has 0 bridgehead atoms. The predicted molar refractivity (Wildman–Crippen MR) is 66.6 cm³/mol. The Morgan fingerprint density at radius 2 is 2.00 bits per heavy atom. The fraction of sp³-hybridized carbons (Fsp3) is 1.00. The van der Waals surface area contributed by atoms with Crippen LogP contribution in [0.25, 0.3) is 0 Å². The van der Waals surface area contributed by atoms with E-state index in [1.165, 1.54) is 6.42 Å². The van der Waals surface area contributed by atoms with Crippen molar-refractivity contribution in [2.75, 3.05) is 6.61 Å². The van der Waals surface area contributed by atoms with Gasteiger partial charge in [0.15, 0.2) is 0 Å². The lowest BCUT2D eigenvalue weighted by molar-refractivity contribution is -0.00553. The van der Waals surface area contributed by atoms with Gasteiger partial charge < -0.3 is 4.74 Å². The van der Waals surface area contributed by atoms with Crippen LogP contribution in [-0.2, 0) is 15.7 Å². The molecular weight excluding hydrogens is 222 g/mol. The lowest BCUT2D eigenvalue weighted by Crippen LogP contribution is -2.50. The monoisotopic (exact) mass is 245 g/mol. The maximum Gasteiger partial charge on any atom is 0.0973 e. The highest BCUT2D eigenvalue weighted by atomic mass is 32.2. The summed E-state index contributed by atoms with van der Waals surface area (Å²) in [7, 11) is -0.979. The van der Waals surface area contributed by atoms with Crippen molar-refractivity contribution < 1.29 is 8.95 Å². The van der Waals surface area contributed by atoms with Crippen LogP contribution in [0, 0.1) is 0 Å². The van der Waals surface area contributed by atoms with Gasteiger partial charge in [0.05, 0.1) is 21.3 Å². The van der Waals surface area contributed by atoms with Gasteiger partial charge in [0.1, 0.15) is 0 Å². The molecule has 0 radical (unpaired) electrons. The van der Waals surface area contributed by atoms with Crippen molar-refractivity contribution in [3.8, 4) is 0 Å². The van der Waals surface area contributed by atoms with Crippen LogP contribution in [0.15, 0.2) is 0 Å². The zero-order chi connectivity index (χ0) is 11.8. The Kier molecular flexibility index (Phi) is 3.44. The first-order valence-corrected chi connectivity index (χ1v) is 7.41. The Labute approximate surface area is 101 Å². The average molecular weight is 245 g/mol. The van der Waals surface area contributed by atoms with Crippen molar-refractivity contribution >= 4 is 11.0 Å². The van der Waals surface area contributed by atoms with Gasteiger partial charge in [-0.15, -0.1) is 0 Å². The Hall–Kier alpha value is 0.0700. The van der Waals surface area contributed by atoms with Crippen LogP contribution in [0.4, 0.5) is 0 Å². The number of ether oxygens (including phenoxy) is 1. The van der Waals surface area contributed by atoms with E-state index in [-0.39, 0.29) is 16.4 Å². The van der Waals surface area contributed by atoms with E-state index in [1.807, 2.05) is 20.8 Å². The largest absolute Gasteiger partial charge is 0.373 e. The summed E-state index contributed by atoms with van der Waals surface area (Å²) in [5.41, 5.74) is 0.000903. The Morgan fingerprint density at radius 3 is 2.56 bits per heavy atom. The molecule has 2 aliphatic rings. The van der Waals surface area contributed by atoms with Gasteiger partial charge in [-0.05, 0) is 52.9 Å². The maximum atomic E-state index is 12.1. The molecule has 0 aromatic heterocycles. The van der Waals surface area contributed by atoms with Crippen LogP contribution in [0.2, 0.25) is 0 Å². The van der Waals surface area contributed by atoms with Gasteiger partial charge in [-0.2, -0.15) is 0 Å². The molecule has 1 N–H and O–H groups in total. The molecule has 2 rings (SSSR count). The molecule has 94 valence electrons. The zero-order valence-corrected chi connectivity index (χ0v) is 11.4. The fourth-order valence-corrected chi connectivity index (χ4v) is 3.65. The van der Waals surface area contributed by atoms with Crippen molar-refractivity contribution in [3.63, 3.8) is 0 Å². The first kappa shape index (κ1) is 12.5. The first-order chi connectivity index (χ1) is 7.44. The van der Waals surface area contributed by atoms with Crippen LogP contribution in [0.3, 0.4) is 0 Å². The highest BCUT2D eigenvalue weighted by Crippen LogP contribution is 2.41. The highest BCUT2D eigenvalue weighted by molar-refractivity contribution is 7.84. The van der Waals surface area contributed by atoms with Gasteiger partial charge in [0, 0.05) is 12.6 Å². The molecule has 0 amide bonds.